The highest BCUT2D eigenvalue weighted by atomic mass is 32.1. The maximum atomic E-state index is 12.3. The predicted octanol–water partition coefficient (Wildman–Crippen LogP) is 3.70. The van der Waals surface area contributed by atoms with Crippen LogP contribution in [0.2, 0.25) is 0 Å². The summed E-state index contributed by atoms with van der Waals surface area (Å²) in [5, 5.41) is 6.21. The minimum atomic E-state index is -2.49. The van der Waals surface area contributed by atoms with Crippen molar-refractivity contribution < 1.29 is 18.3 Å². The lowest BCUT2D eigenvalue weighted by molar-refractivity contribution is 0.0818. The third kappa shape index (κ3) is 6.72. The molecule has 1 aromatic heterocycles. The van der Waals surface area contributed by atoms with Gasteiger partial charge in [0, 0.05) is 33.1 Å². The summed E-state index contributed by atoms with van der Waals surface area (Å²) >= 11 is 1.57. The number of guanidine groups is 1. The van der Waals surface area contributed by atoms with E-state index in [0.717, 1.165) is 16.3 Å². The molecule has 0 amide bonds. The molecule has 0 aliphatic carbocycles. The molecular weight excluding hydrogens is 386 g/mol. The van der Waals surface area contributed by atoms with E-state index in [1.54, 1.807) is 43.7 Å². The first-order valence-corrected chi connectivity index (χ1v) is 9.69. The number of nitrogens with zero attached hydrogens (tertiary/aromatic N) is 3. The molecule has 1 heterocycles. The minimum Gasteiger partial charge on any atom is -0.488 e. The van der Waals surface area contributed by atoms with Gasteiger partial charge < -0.3 is 19.7 Å². The number of halogens is 2. The molecule has 28 heavy (non-hydrogen) atoms. The number of methoxy groups -OCH3 is 1. The Morgan fingerprint density at radius 3 is 2.86 bits per heavy atom. The van der Waals surface area contributed by atoms with Gasteiger partial charge in [-0.15, -0.1) is 11.3 Å². The Bertz CT molecular complexity index is 770. The SMILES string of the molecule is CN=C(NCc1cccc(OCC(F)F)c1)N(C)Cc1csc(C(C)OC)n1. The second kappa shape index (κ2) is 10.9. The van der Waals surface area contributed by atoms with Crippen molar-refractivity contribution in [2.75, 3.05) is 27.8 Å². The number of alkyl halides is 2. The summed E-state index contributed by atoms with van der Waals surface area (Å²) in [5.74, 6) is 1.12. The minimum absolute atomic E-state index is 0.0268. The Morgan fingerprint density at radius 2 is 2.18 bits per heavy atom. The van der Waals surface area contributed by atoms with Crippen LogP contribution in [0, 0.1) is 0 Å². The zero-order valence-corrected chi connectivity index (χ0v) is 17.3. The number of rotatable bonds is 9. The molecule has 1 aromatic carbocycles. The van der Waals surface area contributed by atoms with Gasteiger partial charge in [0.2, 0.25) is 0 Å². The van der Waals surface area contributed by atoms with Crippen LogP contribution in [0.4, 0.5) is 8.78 Å². The molecule has 1 N–H and O–H groups in total. The molecule has 1 unspecified atom stereocenters. The second-order valence-corrected chi connectivity index (χ2v) is 7.05. The lowest BCUT2D eigenvalue weighted by atomic mass is 10.2. The van der Waals surface area contributed by atoms with E-state index in [4.69, 9.17) is 9.47 Å². The molecular formula is C19H26F2N4O2S. The van der Waals surface area contributed by atoms with E-state index < -0.39 is 13.0 Å². The summed E-state index contributed by atoms with van der Waals surface area (Å²) in [6, 6.07) is 7.07. The molecule has 0 aliphatic rings. The average molecular weight is 413 g/mol. The lowest BCUT2D eigenvalue weighted by Gasteiger charge is -2.21. The monoisotopic (exact) mass is 412 g/mol. The Morgan fingerprint density at radius 1 is 1.39 bits per heavy atom. The number of thiazole rings is 1. The van der Waals surface area contributed by atoms with Crippen molar-refractivity contribution in [1.82, 2.24) is 15.2 Å². The van der Waals surface area contributed by atoms with E-state index in [-0.39, 0.29) is 6.10 Å². The standard InChI is InChI=1S/C19H26F2N4O2S/c1-13(26-4)18-24-15(12-28-18)10-25(3)19(22-2)23-9-14-6-5-7-16(8-14)27-11-17(20)21/h5-8,12-13,17H,9-11H2,1-4H3,(H,22,23). The maximum absolute atomic E-state index is 12.3. The van der Waals surface area contributed by atoms with Gasteiger partial charge in [0.15, 0.2) is 5.96 Å². The zero-order valence-electron chi connectivity index (χ0n) is 16.5. The molecule has 9 heteroatoms. The molecule has 0 spiro atoms. The van der Waals surface area contributed by atoms with E-state index >= 15 is 0 Å². The first-order chi connectivity index (χ1) is 13.4. The van der Waals surface area contributed by atoms with Crippen LogP contribution >= 0.6 is 11.3 Å². The molecule has 154 valence electrons. The topological polar surface area (TPSA) is 59.0 Å². The van der Waals surface area contributed by atoms with Crippen LogP contribution in [-0.2, 0) is 17.8 Å². The fourth-order valence-corrected chi connectivity index (χ4v) is 3.31. The Labute approximate surface area is 168 Å². The summed E-state index contributed by atoms with van der Waals surface area (Å²) in [7, 11) is 5.30. The molecule has 1 atom stereocenters. The highest BCUT2D eigenvalue weighted by Gasteiger charge is 2.13. The van der Waals surface area contributed by atoms with E-state index in [0.29, 0.717) is 24.8 Å². The van der Waals surface area contributed by atoms with Gasteiger partial charge in [0.25, 0.3) is 6.43 Å². The molecule has 0 bridgehead atoms. The van der Waals surface area contributed by atoms with Crippen molar-refractivity contribution in [3.05, 3.63) is 45.9 Å². The van der Waals surface area contributed by atoms with Crippen LogP contribution in [0.1, 0.15) is 29.3 Å². The molecule has 0 radical (unpaired) electrons. The van der Waals surface area contributed by atoms with Crippen molar-refractivity contribution in [2.24, 2.45) is 4.99 Å². The number of hydrogen-bond donors (Lipinski definition) is 1. The van der Waals surface area contributed by atoms with Crippen molar-refractivity contribution in [3.8, 4) is 5.75 Å². The van der Waals surface area contributed by atoms with Gasteiger partial charge in [-0.25, -0.2) is 13.8 Å². The number of ether oxygens (including phenoxy) is 2. The maximum Gasteiger partial charge on any atom is 0.272 e. The molecule has 2 aromatic rings. The molecule has 0 aliphatic heterocycles. The number of benzene rings is 1. The smallest absolute Gasteiger partial charge is 0.272 e. The summed E-state index contributed by atoms with van der Waals surface area (Å²) in [4.78, 5) is 10.9. The van der Waals surface area contributed by atoms with Gasteiger partial charge in [-0.2, -0.15) is 0 Å². The summed E-state index contributed by atoms with van der Waals surface area (Å²) in [6.07, 6.45) is -2.52. The van der Waals surface area contributed by atoms with Gasteiger partial charge in [-0.05, 0) is 24.6 Å². The lowest BCUT2D eigenvalue weighted by Crippen LogP contribution is -2.38. The largest absolute Gasteiger partial charge is 0.488 e. The van der Waals surface area contributed by atoms with Crippen molar-refractivity contribution in [2.45, 2.75) is 32.5 Å². The van der Waals surface area contributed by atoms with E-state index in [2.05, 4.69) is 15.3 Å². The fraction of sp³-hybridized carbons (Fsp3) is 0.474. The Balaban J connectivity index is 1.91. The highest BCUT2D eigenvalue weighted by Crippen LogP contribution is 2.21. The Hall–Kier alpha value is -2.26. The number of hydrogen-bond acceptors (Lipinski definition) is 5. The third-order valence-corrected chi connectivity index (χ3v) is 5.02. The number of aromatic nitrogens is 1. The van der Waals surface area contributed by atoms with Gasteiger partial charge in [0.1, 0.15) is 23.5 Å². The predicted molar refractivity (Wildman–Crippen MR) is 107 cm³/mol. The van der Waals surface area contributed by atoms with Crippen LogP contribution in [-0.4, -0.2) is 50.1 Å². The fourth-order valence-electron chi connectivity index (χ4n) is 2.47. The van der Waals surface area contributed by atoms with E-state index in [9.17, 15) is 8.78 Å². The van der Waals surface area contributed by atoms with Crippen molar-refractivity contribution in [1.29, 1.82) is 0 Å². The van der Waals surface area contributed by atoms with Crippen LogP contribution in [0.5, 0.6) is 5.75 Å². The highest BCUT2D eigenvalue weighted by molar-refractivity contribution is 7.09. The summed E-state index contributed by atoms with van der Waals surface area (Å²) in [5.41, 5.74) is 1.85. The quantitative estimate of drug-likeness (QED) is 0.503. The van der Waals surface area contributed by atoms with Gasteiger partial charge in [-0.1, -0.05) is 12.1 Å². The number of aliphatic imine (C=N–C) groups is 1. The van der Waals surface area contributed by atoms with Crippen LogP contribution < -0.4 is 10.1 Å². The van der Waals surface area contributed by atoms with E-state index in [1.165, 1.54) is 0 Å². The number of nitrogens with one attached hydrogen (secondary N) is 1. The normalized spacial score (nSPS) is 12.9. The molecule has 0 saturated heterocycles. The van der Waals surface area contributed by atoms with Crippen molar-refractivity contribution in [3.63, 3.8) is 0 Å². The average Bonchev–Trinajstić information content (AvgIpc) is 3.15. The van der Waals surface area contributed by atoms with E-state index in [1.807, 2.05) is 30.3 Å². The molecule has 0 saturated carbocycles. The molecule has 0 fully saturated rings. The van der Waals surface area contributed by atoms with Gasteiger partial charge >= 0.3 is 0 Å². The van der Waals surface area contributed by atoms with Gasteiger partial charge in [0.05, 0.1) is 12.2 Å². The summed E-state index contributed by atoms with van der Waals surface area (Å²) < 4.78 is 34.9. The van der Waals surface area contributed by atoms with Crippen molar-refractivity contribution >= 4 is 17.3 Å². The van der Waals surface area contributed by atoms with Crippen LogP contribution in [0.3, 0.4) is 0 Å². The molecule has 6 nitrogen and oxygen atoms in total. The molecule has 2 rings (SSSR count). The Kier molecular flexibility index (Phi) is 8.59. The van der Waals surface area contributed by atoms with Crippen LogP contribution in [0.25, 0.3) is 0 Å². The van der Waals surface area contributed by atoms with Gasteiger partial charge in [-0.3, -0.25) is 4.99 Å². The first kappa shape index (κ1) is 22.0. The zero-order chi connectivity index (χ0) is 20.5. The van der Waals surface area contributed by atoms with Crippen LogP contribution in [0.15, 0.2) is 34.6 Å². The second-order valence-electron chi connectivity index (χ2n) is 6.16. The first-order valence-electron chi connectivity index (χ1n) is 8.81. The summed E-state index contributed by atoms with van der Waals surface area (Å²) in [6.45, 7) is 2.45. The third-order valence-electron chi connectivity index (χ3n) is 3.97.